The van der Waals surface area contributed by atoms with Gasteiger partial charge < -0.3 is 14.0 Å². The Labute approximate surface area is 181 Å². The van der Waals surface area contributed by atoms with Gasteiger partial charge in [-0.1, -0.05) is 29.1 Å². The number of ether oxygens (including phenoxy) is 2. The van der Waals surface area contributed by atoms with Crippen molar-refractivity contribution >= 4 is 17.7 Å². The largest absolute Gasteiger partial charge is 0.496 e. The first-order valence-corrected chi connectivity index (χ1v) is 10.5. The quantitative estimate of drug-likeness (QED) is 0.304. The molecule has 0 saturated carbocycles. The molecule has 158 valence electrons. The van der Waals surface area contributed by atoms with E-state index in [2.05, 4.69) is 10.1 Å². The lowest BCUT2D eigenvalue weighted by molar-refractivity contribution is 0.0427. The highest BCUT2D eigenvalue weighted by atomic mass is 32.2. The minimum atomic E-state index is -0.590. The summed E-state index contributed by atoms with van der Waals surface area (Å²) in [6.07, 6.45) is 3.27. The molecule has 0 N–H and O–H groups in total. The number of benzene rings is 2. The molecule has 4 aromatic rings. The SMILES string of the molecule is COc1ccccc1-c1cc(COC(=O)c2cnc(SC)n2-c2ccc(F)cc2)on1. The van der Waals surface area contributed by atoms with E-state index in [0.29, 0.717) is 28.0 Å². The number of aromatic nitrogens is 3. The van der Waals surface area contributed by atoms with Crippen LogP contribution in [-0.4, -0.2) is 34.0 Å². The molecule has 0 spiro atoms. The van der Waals surface area contributed by atoms with E-state index in [1.165, 1.54) is 30.1 Å². The third-order valence-electron chi connectivity index (χ3n) is 4.49. The van der Waals surface area contributed by atoms with E-state index in [1.807, 2.05) is 30.5 Å². The molecule has 31 heavy (non-hydrogen) atoms. The molecule has 0 atom stereocenters. The minimum absolute atomic E-state index is 0.107. The number of methoxy groups -OCH3 is 1. The second-order valence-electron chi connectivity index (χ2n) is 6.40. The Kier molecular flexibility index (Phi) is 6.03. The number of carbonyl (C=O) groups excluding carboxylic acids is 1. The summed E-state index contributed by atoms with van der Waals surface area (Å²) < 4.78 is 31.0. The molecule has 0 aliphatic carbocycles. The van der Waals surface area contributed by atoms with Crippen LogP contribution >= 0.6 is 11.8 Å². The van der Waals surface area contributed by atoms with Gasteiger partial charge in [0.05, 0.1) is 13.3 Å². The number of hydrogen-bond acceptors (Lipinski definition) is 7. The second-order valence-corrected chi connectivity index (χ2v) is 7.17. The van der Waals surface area contributed by atoms with Crippen molar-refractivity contribution in [3.63, 3.8) is 0 Å². The van der Waals surface area contributed by atoms with Crippen LogP contribution in [0.2, 0.25) is 0 Å². The molecule has 0 fully saturated rings. The monoisotopic (exact) mass is 439 g/mol. The molecular weight excluding hydrogens is 421 g/mol. The molecule has 7 nitrogen and oxygen atoms in total. The smallest absolute Gasteiger partial charge is 0.357 e. The molecule has 0 bridgehead atoms. The molecular formula is C22H18FN3O4S. The molecule has 0 unspecified atom stereocenters. The van der Waals surface area contributed by atoms with E-state index in [9.17, 15) is 9.18 Å². The van der Waals surface area contributed by atoms with Crippen molar-refractivity contribution in [2.75, 3.05) is 13.4 Å². The Morgan fingerprint density at radius 1 is 1.19 bits per heavy atom. The van der Waals surface area contributed by atoms with Gasteiger partial charge in [-0.05, 0) is 42.7 Å². The Morgan fingerprint density at radius 3 is 2.71 bits per heavy atom. The Bertz CT molecular complexity index is 1200. The molecule has 0 amide bonds. The number of halogens is 1. The van der Waals surface area contributed by atoms with Gasteiger partial charge in [0.15, 0.2) is 23.2 Å². The average Bonchev–Trinajstić information content (AvgIpc) is 3.45. The minimum Gasteiger partial charge on any atom is -0.496 e. The van der Waals surface area contributed by atoms with Crippen LogP contribution in [0.25, 0.3) is 16.9 Å². The molecule has 0 aliphatic rings. The maximum atomic E-state index is 13.3. The van der Waals surface area contributed by atoms with Crippen molar-refractivity contribution in [3.05, 3.63) is 78.1 Å². The highest BCUT2D eigenvalue weighted by Crippen LogP contribution is 2.29. The fourth-order valence-electron chi connectivity index (χ4n) is 3.04. The summed E-state index contributed by atoms with van der Waals surface area (Å²) in [6.45, 7) is -0.107. The number of carbonyl (C=O) groups is 1. The summed E-state index contributed by atoms with van der Waals surface area (Å²) in [7, 11) is 1.58. The highest BCUT2D eigenvalue weighted by molar-refractivity contribution is 7.98. The zero-order valence-electron chi connectivity index (χ0n) is 16.7. The summed E-state index contributed by atoms with van der Waals surface area (Å²) in [6, 6.07) is 14.9. The molecule has 2 heterocycles. The molecule has 0 saturated heterocycles. The molecule has 4 rings (SSSR count). The summed E-state index contributed by atoms with van der Waals surface area (Å²) in [4.78, 5) is 17.0. The molecule has 0 aliphatic heterocycles. The molecule has 2 aromatic heterocycles. The van der Waals surface area contributed by atoms with Crippen LogP contribution in [-0.2, 0) is 11.3 Å². The van der Waals surface area contributed by atoms with Crippen molar-refractivity contribution in [3.8, 4) is 22.7 Å². The van der Waals surface area contributed by atoms with Gasteiger partial charge in [0.2, 0.25) is 0 Å². The first-order valence-electron chi connectivity index (χ1n) is 9.24. The van der Waals surface area contributed by atoms with Crippen molar-refractivity contribution in [2.45, 2.75) is 11.8 Å². The van der Waals surface area contributed by atoms with Gasteiger partial charge in [-0.3, -0.25) is 4.57 Å². The van der Waals surface area contributed by atoms with E-state index in [0.717, 1.165) is 5.56 Å². The van der Waals surface area contributed by atoms with Crippen molar-refractivity contribution in [1.29, 1.82) is 0 Å². The number of esters is 1. The lowest BCUT2D eigenvalue weighted by Gasteiger charge is -2.10. The van der Waals surface area contributed by atoms with Crippen molar-refractivity contribution < 1.29 is 23.2 Å². The number of nitrogens with zero attached hydrogens (tertiary/aromatic N) is 3. The van der Waals surface area contributed by atoms with E-state index in [1.54, 1.807) is 29.9 Å². The third kappa shape index (κ3) is 4.31. The van der Waals surface area contributed by atoms with Crippen LogP contribution < -0.4 is 4.74 Å². The Balaban J connectivity index is 1.52. The van der Waals surface area contributed by atoms with Crippen molar-refractivity contribution in [1.82, 2.24) is 14.7 Å². The summed E-state index contributed by atoms with van der Waals surface area (Å²) >= 11 is 1.36. The van der Waals surface area contributed by atoms with Crippen LogP contribution in [0, 0.1) is 5.82 Å². The van der Waals surface area contributed by atoms with E-state index in [-0.39, 0.29) is 18.1 Å². The molecule has 2 aromatic carbocycles. The first-order chi connectivity index (χ1) is 15.1. The highest BCUT2D eigenvalue weighted by Gasteiger charge is 2.20. The van der Waals surface area contributed by atoms with Gasteiger partial charge >= 0.3 is 5.97 Å². The summed E-state index contributed by atoms with van der Waals surface area (Å²) in [5.41, 5.74) is 2.17. The molecule has 0 radical (unpaired) electrons. The van der Waals surface area contributed by atoms with Crippen LogP contribution in [0.3, 0.4) is 0 Å². The lowest BCUT2D eigenvalue weighted by Crippen LogP contribution is -2.11. The number of rotatable bonds is 7. The van der Waals surface area contributed by atoms with Crippen LogP contribution in [0.1, 0.15) is 16.2 Å². The van der Waals surface area contributed by atoms with Crippen LogP contribution in [0.15, 0.2) is 70.5 Å². The second kappa shape index (κ2) is 9.05. The van der Waals surface area contributed by atoms with E-state index < -0.39 is 5.97 Å². The predicted molar refractivity (Wildman–Crippen MR) is 113 cm³/mol. The first kappa shape index (κ1) is 20.7. The zero-order valence-corrected chi connectivity index (χ0v) is 17.6. The van der Waals surface area contributed by atoms with Gasteiger partial charge in [-0.2, -0.15) is 0 Å². The van der Waals surface area contributed by atoms with Gasteiger partial charge in [-0.25, -0.2) is 14.2 Å². The van der Waals surface area contributed by atoms with Gasteiger partial charge in [-0.15, -0.1) is 0 Å². The predicted octanol–water partition coefficient (Wildman–Crippen LogP) is 4.75. The Hall–Kier alpha value is -3.59. The average molecular weight is 439 g/mol. The fourth-order valence-corrected chi connectivity index (χ4v) is 3.58. The number of para-hydroxylation sites is 1. The standard InChI is InChI=1S/C22H18FN3O4S/c1-28-20-6-4-3-5-17(20)18-11-16(30-25-18)13-29-21(27)19-12-24-22(31-2)26(19)15-9-7-14(23)8-10-15/h3-12H,13H2,1-2H3. The topological polar surface area (TPSA) is 79.4 Å². The number of thioether (sulfide) groups is 1. The van der Waals surface area contributed by atoms with Gasteiger partial charge in [0, 0.05) is 17.3 Å². The van der Waals surface area contributed by atoms with Crippen LogP contribution in [0.5, 0.6) is 5.75 Å². The lowest BCUT2D eigenvalue weighted by atomic mass is 10.1. The number of hydrogen-bond donors (Lipinski definition) is 0. The zero-order chi connectivity index (χ0) is 21.8. The van der Waals surface area contributed by atoms with E-state index >= 15 is 0 Å². The van der Waals surface area contributed by atoms with Gasteiger partial charge in [0.25, 0.3) is 0 Å². The summed E-state index contributed by atoms with van der Waals surface area (Å²) in [5, 5.41) is 4.61. The normalized spacial score (nSPS) is 10.8. The maximum absolute atomic E-state index is 13.3. The number of imidazole rings is 1. The molecule has 9 heteroatoms. The van der Waals surface area contributed by atoms with E-state index in [4.69, 9.17) is 14.0 Å². The van der Waals surface area contributed by atoms with Crippen molar-refractivity contribution in [2.24, 2.45) is 0 Å². The maximum Gasteiger partial charge on any atom is 0.357 e. The van der Waals surface area contributed by atoms with Gasteiger partial charge in [0.1, 0.15) is 17.3 Å². The Morgan fingerprint density at radius 2 is 1.97 bits per heavy atom. The third-order valence-corrected chi connectivity index (χ3v) is 5.15. The van der Waals surface area contributed by atoms with Crippen LogP contribution in [0.4, 0.5) is 4.39 Å². The fraction of sp³-hybridized carbons (Fsp3) is 0.136. The summed E-state index contributed by atoms with van der Waals surface area (Å²) in [5.74, 6) is 0.0848.